The summed E-state index contributed by atoms with van der Waals surface area (Å²) in [6, 6.07) is 5.63. The molecule has 0 saturated heterocycles. The van der Waals surface area contributed by atoms with Gasteiger partial charge in [0.2, 0.25) is 0 Å². The van der Waals surface area contributed by atoms with Crippen LogP contribution in [0.5, 0.6) is 0 Å². The Morgan fingerprint density at radius 2 is 2.21 bits per heavy atom. The Morgan fingerprint density at radius 1 is 1.50 bits per heavy atom. The molecule has 3 nitrogen and oxygen atoms in total. The first kappa shape index (κ1) is 11.1. The fraction of sp³-hybridized carbons (Fsp3) is 0.545. The van der Waals surface area contributed by atoms with Crippen LogP contribution < -0.4 is 5.73 Å². The minimum Gasteiger partial charge on any atom is -0.382 e. The minimum absolute atomic E-state index is 0.220. The Morgan fingerprint density at radius 3 is 2.71 bits per heavy atom. The van der Waals surface area contributed by atoms with Gasteiger partial charge in [-0.05, 0) is 25.5 Å². The molecule has 1 aromatic rings. The maximum atomic E-state index is 10.2. The average Bonchev–Trinajstić information content (AvgIpc) is 2.18. The molecule has 14 heavy (non-hydrogen) atoms. The number of nitrogens with zero attached hydrogens (tertiary/aromatic N) is 1. The topological polar surface area (TPSA) is 59.1 Å². The summed E-state index contributed by atoms with van der Waals surface area (Å²) in [5.41, 5.74) is 6.22. The monoisotopic (exact) mass is 194 g/mol. The molecule has 1 heterocycles. The molecule has 0 radical (unpaired) electrons. The van der Waals surface area contributed by atoms with Crippen LogP contribution in [0.25, 0.3) is 0 Å². The van der Waals surface area contributed by atoms with Crippen LogP contribution in [0, 0.1) is 6.92 Å². The Hall–Kier alpha value is -0.930. The van der Waals surface area contributed by atoms with E-state index < -0.39 is 5.60 Å². The van der Waals surface area contributed by atoms with E-state index in [1.54, 1.807) is 0 Å². The van der Waals surface area contributed by atoms with E-state index >= 15 is 0 Å². The van der Waals surface area contributed by atoms with Crippen molar-refractivity contribution in [3.63, 3.8) is 0 Å². The van der Waals surface area contributed by atoms with Gasteiger partial charge in [0, 0.05) is 12.2 Å². The number of aliphatic hydroxyl groups is 1. The first-order valence-corrected chi connectivity index (χ1v) is 4.99. The van der Waals surface area contributed by atoms with Crippen LogP contribution in [0.15, 0.2) is 18.2 Å². The number of rotatable bonds is 4. The second-order valence-corrected chi connectivity index (χ2v) is 3.65. The van der Waals surface area contributed by atoms with Gasteiger partial charge in [0.15, 0.2) is 0 Å². The zero-order valence-corrected chi connectivity index (χ0v) is 8.83. The fourth-order valence-electron chi connectivity index (χ4n) is 1.55. The molecular weight excluding hydrogens is 176 g/mol. The van der Waals surface area contributed by atoms with Crippen molar-refractivity contribution >= 4 is 0 Å². The lowest BCUT2D eigenvalue weighted by Crippen LogP contribution is -2.35. The molecule has 1 rings (SSSR count). The number of pyridine rings is 1. The summed E-state index contributed by atoms with van der Waals surface area (Å²) in [5, 5.41) is 10.2. The van der Waals surface area contributed by atoms with E-state index in [0.717, 1.165) is 12.1 Å². The Balaban J connectivity index is 2.99. The third kappa shape index (κ3) is 2.30. The smallest absolute Gasteiger partial charge is 0.119 e. The van der Waals surface area contributed by atoms with E-state index in [-0.39, 0.29) is 6.54 Å². The molecule has 1 unspecified atom stereocenters. The van der Waals surface area contributed by atoms with Crippen LogP contribution in [-0.4, -0.2) is 16.6 Å². The summed E-state index contributed by atoms with van der Waals surface area (Å²) in [6.45, 7) is 4.15. The van der Waals surface area contributed by atoms with Crippen molar-refractivity contribution in [1.29, 1.82) is 0 Å². The fourth-order valence-corrected chi connectivity index (χ4v) is 1.55. The van der Waals surface area contributed by atoms with Crippen molar-refractivity contribution in [1.82, 2.24) is 4.98 Å². The first-order valence-electron chi connectivity index (χ1n) is 4.99. The highest BCUT2D eigenvalue weighted by Gasteiger charge is 2.27. The molecular formula is C11H18N2O. The second kappa shape index (κ2) is 4.53. The Bertz CT molecular complexity index is 301. The number of aromatic nitrogens is 1. The van der Waals surface area contributed by atoms with Crippen LogP contribution in [0.1, 0.15) is 31.2 Å². The molecule has 3 heteroatoms. The highest BCUT2D eigenvalue weighted by Crippen LogP contribution is 2.23. The zero-order valence-electron chi connectivity index (χ0n) is 8.83. The van der Waals surface area contributed by atoms with Crippen LogP contribution in [-0.2, 0) is 5.60 Å². The number of hydrogen-bond donors (Lipinski definition) is 2. The SMILES string of the molecule is CCCC(O)(CN)c1cccc(C)n1. The lowest BCUT2D eigenvalue weighted by atomic mass is 9.93. The molecule has 1 atom stereocenters. The highest BCUT2D eigenvalue weighted by atomic mass is 16.3. The quantitative estimate of drug-likeness (QED) is 0.760. The normalized spacial score (nSPS) is 15.1. The molecule has 0 bridgehead atoms. The molecule has 0 fully saturated rings. The van der Waals surface area contributed by atoms with E-state index in [1.165, 1.54) is 0 Å². The third-order valence-corrected chi connectivity index (χ3v) is 2.37. The van der Waals surface area contributed by atoms with E-state index in [0.29, 0.717) is 12.1 Å². The average molecular weight is 194 g/mol. The maximum absolute atomic E-state index is 10.2. The van der Waals surface area contributed by atoms with Crippen molar-refractivity contribution in [2.24, 2.45) is 5.73 Å². The summed E-state index contributed by atoms with van der Waals surface area (Å²) in [6.07, 6.45) is 1.54. The summed E-state index contributed by atoms with van der Waals surface area (Å²) >= 11 is 0. The molecule has 1 aromatic heterocycles. The summed E-state index contributed by atoms with van der Waals surface area (Å²) < 4.78 is 0. The van der Waals surface area contributed by atoms with Crippen molar-refractivity contribution in [3.05, 3.63) is 29.6 Å². The predicted octanol–water partition coefficient (Wildman–Crippen LogP) is 1.34. The van der Waals surface area contributed by atoms with Crippen molar-refractivity contribution in [3.8, 4) is 0 Å². The van der Waals surface area contributed by atoms with Gasteiger partial charge in [0.25, 0.3) is 0 Å². The van der Waals surface area contributed by atoms with Crippen LogP contribution in [0.2, 0.25) is 0 Å². The molecule has 0 aliphatic carbocycles. The van der Waals surface area contributed by atoms with Gasteiger partial charge in [-0.1, -0.05) is 19.4 Å². The molecule has 0 amide bonds. The molecule has 3 N–H and O–H groups in total. The van der Waals surface area contributed by atoms with Crippen LogP contribution in [0.3, 0.4) is 0 Å². The lowest BCUT2D eigenvalue weighted by molar-refractivity contribution is 0.0314. The predicted molar refractivity (Wildman–Crippen MR) is 56.8 cm³/mol. The van der Waals surface area contributed by atoms with Gasteiger partial charge in [0.1, 0.15) is 5.60 Å². The third-order valence-electron chi connectivity index (χ3n) is 2.37. The van der Waals surface area contributed by atoms with Gasteiger partial charge in [0.05, 0.1) is 5.69 Å². The van der Waals surface area contributed by atoms with E-state index in [1.807, 2.05) is 32.0 Å². The highest BCUT2D eigenvalue weighted by molar-refractivity contribution is 5.17. The number of aryl methyl sites for hydroxylation is 1. The zero-order chi connectivity index (χ0) is 10.6. The van der Waals surface area contributed by atoms with E-state index in [4.69, 9.17) is 5.73 Å². The van der Waals surface area contributed by atoms with E-state index in [9.17, 15) is 5.11 Å². The van der Waals surface area contributed by atoms with Crippen LogP contribution >= 0.6 is 0 Å². The second-order valence-electron chi connectivity index (χ2n) is 3.65. The molecule has 0 aliphatic rings. The molecule has 78 valence electrons. The van der Waals surface area contributed by atoms with Gasteiger partial charge >= 0.3 is 0 Å². The lowest BCUT2D eigenvalue weighted by Gasteiger charge is -2.25. The molecule has 0 aromatic carbocycles. The summed E-state index contributed by atoms with van der Waals surface area (Å²) in [4.78, 5) is 4.30. The molecule has 0 spiro atoms. The summed E-state index contributed by atoms with van der Waals surface area (Å²) in [5.74, 6) is 0. The standard InChI is InChI=1S/C11H18N2O/c1-3-7-11(14,8-12)10-6-4-5-9(2)13-10/h4-6,14H,3,7-8,12H2,1-2H3. The van der Waals surface area contributed by atoms with Gasteiger partial charge in [-0.25, -0.2) is 0 Å². The van der Waals surface area contributed by atoms with E-state index in [2.05, 4.69) is 4.98 Å². The number of nitrogens with two attached hydrogens (primary N) is 1. The molecule has 0 saturated carbocycles. The van der Waals surface area contributed by atoms with Crippen molar-refractivity contribution in [2.45, 2.75) is 32.3 Å². The van der Waals surface area contributed by atoms with Gasteiger partial charge < -0.3 is 10.8 Å². The van der Waals surface area contributed by atoms with Gasteiger partial charge in [-0.2, -0.15) is 0 Å². The number of hydrogen-bond acceptors (Lipinski definition) is 3. The largest absolute Gasteiger partial charge is 0.382 e. The first-order chi connectivity index (χ1) is 6.62. The molecule has 0 aliphatic heterocycles. The van der Waals surface area contributed by atoms with Crippen LogP contribution in [0.4, 0.5) is 0 Å². The van der Waals surface area contributed by atoms with Gasteiger partial charge in [-0.15, -0.1) is 0 Å². The van der Waals surface area contributed by atoms with Crippen molar-refractivity contribution < 1.29 is 5.11 Å². The Kier molecular flexibility index (Phi) is 3.61. The maximum Gasteiger partial charge on any atom is 0.119 e. The summed E-state index contributed by atoms with van der Waals surface area (Å²) in [7, 11) is 0. The van der Waals surface area contributed by atoms with Gasteiger partial charge in [-0.3, -0.25) is 4.98 Å². The minimum atomic E-state index is -0.958. The Labute approximate surface area is 85.0 Å². The van der Waals surface area contributed by atoms with Crippen molar-refractivity contribution in [2.75, 3.05) is 6.54 Å².